The molecule has 4 nitrogen and oxygen atoms in total. The molecule has 4 heteroatoms. The van der Waals surface area contributed by atoms with Gasteiger partial charge in [0.05, 0.1) is 11.4 Å². The largest absolute Gasteiger partial charge is 0.329 e. The van der Waals surface area contributed by atoms with E-state index in [0.717, 1.165) is 31.0 Å². The molecule has 1 fully saturated rings. The molecule has 0 amide bonds. The van der Waals surface area contributed by atoms with Crippen molar-refractivity contribution >= 4 is 0 Å². The molecule has 0 aliphatic carbocycles. The van der Waals surface area contributed by atoms with Gasteiger partial charge in [-0.05, 0) is 26.3 Å². The van der Waals surface area contributed by atoms with Crippen LogP contribution in [-0.4, -0.2) is 34.0 Å². The van der Waals surface area contributed by atoms with E-state index < -0.39 is 0 Å². The first-order chi connectivity index (χ1) is 7.29. The van der Waals surface area contributed by atoms with Crippen LogP contribution in [0.4, 0.5) is 0 Å². The highest BCUT2D eigenvalue weighted by molar-refractivity contribution is 5.01. The summed E-state index contributed by atoms with van der Waals surface area (Å²) in [6, 6.07) is 0.535. The van der Waals surface area contributed by atoms with Crippen molar-refractivity contribution in [2.24, 2.45) is 5.73 Å². The van der Waals surface area contributed by atoms with Crippen LogP contribution in [0.25, 0.3) is 0 Å². The summed E-state index contributed by atoms with van der Waals surface area (Å²) in [4.78, 5) is 11.0. The molecule has 0 spiro atoms. The van der Waals surface area contributed by atoms with Crippen molar-refractivity contribution in [2.75, 3.05) is 13.1 Å². The van der Waals surface area contributed by atoms with Crippen molar-refractivity contribution in [1.29, 1.82) is 0 Å². The molecule has 0 aromatic carbocycles. The third-order valence-corrected chi connectivity index (χ3v) is 2.97. The van der Waals surface area contributed by atoms with Crippen molar-refractivity contribution in [3.05, 3.63) is 23.8 Å². The maximum atomic E-state index is 5.72. The summed E-state index contributed by atoms with van der Waals surface area (Å²) < 4.78 is 0. The van der Waals surface area contributed by atoms with Gasteiger partial charge in [0.25, 0.3) is 0 Å². The summed E-state index contributed by atoms with van der Waals surface area (Å²) in [7, 11) is 0. The highest BCUT2D eigenvalue weighted by atomic mass is 15.2. The van der Waals surface area contributed by atoms with Gasteiger partial charge in [-0.1, -0.05) is 0 Å². The maximum absolute atomic E-state index is 5.72. The van der Waals surface area contributed by atoms with Crippen molar-refractivity contribution in [2.45, 2.75) is 32.4 Å². The Morgan fingerprint density at radius 3 is 3.00 bits per heavy atom. The molecule has 1 aliphatic rings. The first-order valence-corrected chi connectivity index (χ1v) is 5.51. The standard InChI is InChI=1S/C11H18N4/c1-9-6-14-10(7-13-9)8-15-4-2-3-11(15)5-12/h6-7,11H,2-5,8,12H2,1H3. The van der Waals surface area contributed by atoms with E-state index in [4.69, 9.17) is 5.73 Å². The fourth-order valence-corrected chi connectivity index (χ4v) is 2.08. The Balaban J connectivity index is 1.99. The zero-order valence-electron chi connectivity index (χ0n) is 9.19. The predicted octanol–water partition coefficient (Wildman–Crippen LogP) is 0.708. The summed E-state index contributed by atoms with van der Waals surface area (Å²) >= 11 is 0. The first kappa shape index (κ1) is 10.5. The molecule has 2 N–H and O–H groups in total. The summed E-state index contributed by atoms with van der Waals surface area (Å²) in [5.74, 6) is 0. The fourth-order valence-electron chi connectivity index (χ4n) is 2.08. The smallest absolute Gasteiger partial charge is 0.0727 e. The van der Waals surface area contributed by atoms with Gasteiger partial charge < -0.3 is 5.73 Å². The molecular formula is C11H18N4. The van der Waals surface area contributed by atoms with E-state index in [9.17, 15) is 0 Å². The Morgan fingerprint density at radius 2 is 2.33 bits per heavy atom. The van der Waals surface area contributed by atoms with Crippen LogP contribution < -0.4 is 5.73 Å². The second-order valence-electron chi connectivity index (χ2n) is 4.15. The Bertz CT molecular complexity index is 309. The van der Waals surface area contributed by atoms with Crippen LogP contribution in [0.2, 0.25) is 0 Å². The predicted molar refractivity (Wildman–Crippen MR) is 59.3 cm³/mol. The van der Waals surface area contributed by atoms with Gasteiger partial charge in [0.15, 0.2) is 0 Å². The van der Waals surface area contributed by atoms with E-state index in [1.54, 1.807) is 0 Å². The molecule has 0 saturated carbocycles. The summed E-state index contributed by atoms with van der Waals surface area (Å²) in [6.07, 6.45) is 6.15. The minimum absolute atomic E-state index is 0.535. The van der Waals surface area contributed by atoms with Gasteiger partial charge in [0, 0.05) is 31.5 Å². The highest BCUT2D eigenvalue weighted by Gasteiger charge is 2.23. The van der Waals surface area contributed by atoms with E-state index in [-0.39, 0.29) is 0 Å². The Kier molecular flexibility index (Phi) is 3.28. The number of hydrogen-bond donors (Lipinski definition) is 1. The first-order valence-electron chi connectivity index (χ1n) is 5.51. The number of nitrogens with zero attached hydrogens (tertiary/aromatic N) is 3. The Labute approximate surface area is 90.5 Å². The van der Waals surface area contributed by atoms with E-state index in [0.29, 0.717) is 6.04 Å². The lowest BCUT2D eigenvalue weighted by Gasteiger charge is -2.22. The van der Waals surface area contributed by atoms with Crippen LogP contribution in [-0.2, 0) is 6.54 Å². The molecule has 0 radical (unpaired) electrons. The Morgan fingerprint density at radius 1 is 1.47 bits per heavy atom. The minimum Gasteiger partial charge on any atom is -0.329 e. The number of hydrogen-bond acceptors (Lipinski definition) is 4. The number of aromatic nitrogens is 2. The zero-order chi connectivity index (χ0) is 10.7. The Hall–Kier alpha value is -1.00. The molecule has 1 aliphatic heterocycles. The van der Waals surface area contributed by atoms with Gasteiger partial charge >= 0.3 is 0 Å². The van der Waals surface area contributed by atoms with Crippen molar-refractivity contribution < 1.29 is 0 Å². The van der Waals surface area contributed by atoms with Crippen molar-refractivity contribution in [3.8, 4) is 0 Å². The number of nitrogens with two attached hydrogens (primary N) is 1. The van der Waals surface area contributed by atoms with Gasteiger partial charge in [-0.3, -0.25) is 14.9 Å². The molecule has 0 bridgehead atoms. The average molecular weight is 206 g/mol. The van der Waals surface area contributed by atoms with Gasteiger partial charge in [0.1, 0.15) is 0 Å². The number of likely N-dealkylation sites (tertiary alicyclic amines) is 1. The van der Waals surface area contributed by atoms with Gasteiger partial charge in [-0.2, -0.15) is 0 Å². The number of rotatable bonds is 3. The molecule has 2 heterocycles. The molecule has 15 heavy (non-hydrogen) atoms. The number of aryl methyl sites for hydroxylation is 1. The van der Waals surface area contributed by atoms with Crippen LogP contribution in [0.1, 0.15) is 24.2 Å². The van der Waals surface area contributed by atoms with Crippen molar-refractivity contribution in [3.63, 3.8) is 0 Å². The normalized spacial score (nSPS) is 22.1. The molecule has 1 aromatic heterocycles. The quantitative estimate of drug-likeness (QED) is 0.791. The molecule has 1 aromatic rings. The zero-order valence-corrected chi connectivity index (χ0v) is 9.19. The second-order valence-corrected chi connectivity index (χ2v) is 4.15. The van der Waals surface area contributed by atoms with Crippen molar-refractivity contribution in [1.82, 2.24) is 14.9 Å². The fraction of sp³-hybridized carbons (Fsp3) is 0.636. The topological polar surface area (TPSA) is 55.0 Å². The second kappa shape index (κ2) is 4.68. The minimum atomic E-state index is 0.535. The van der Waals surface area contributed by atoms with E-state index >= 15 is 0 Å². The van der Waals surface area contributed by atoms with Crippen LogP contribution >= 0.6 is 0 Å². The molecule has 1 saturated heterocycles. The maximum Gasteiger partial charge on any atom is 0.0727 e. The van der Waals surface area contributed by atoms with Crippen LogP contribution in [0, 0.1) is 6.92 Å². The molecule has 2 rings (SSSR count). The van der Waals surface area contributed by atoms with Gasteiger partial charge in [-0.15, -0.1) is 0 Å². The third-order valence-electron chi connectivity index (χ3n) is 2.97. The van der Waals surface area contributed by atoms with E-state index in [2.05, 4.69) is 14.9 Å². The highest BCUT2D eigenvalue weighted by Crippen LogP contribution is 2.17. The van der Waals surface area contributed by atoms with Crippen LogP contribution in [0.15, 0.2) is 12.4 Å². The monoisotopic (exact) mass is 206 g/mol. The SMILES string of the molecule is Cc1cnc(CN2CCCC2CN)cn1. The lowest BCUT2D eigenvalue weighted by molar-refractivity contribution is 0.247. The van der Waals surface area contributed by atoms with E-state index in [1.807, 2.05) is 19.3 Å². The average Bonchev–Trinajstić information content (AvgIpc) is 2.69. The lowest BCUT2D eigenvalue weighted by atomic mass is 10.2. The third kappa shape index (κ3) is 2.52. The summed E-state index contributed by atoms with van der Waals surface area (Å²) in [6.45, 7) is 4.72. The molecule has 1 unspecified atom stereocenters. The molecule has 82 valence electrons. The summed E-state index contributed by atoms with van der Waals surface area (Å²) in [5, 5.41) is 0. The van der Waals surface area contributed by atoms with Crippen LogP contribution in [0.3, 0.4) is 0 Å². The lowest BCUT2D eigenvalue weighted by Crippen LogP contribution is -2.35. The molecule has 1 atom stereocenters. The van der Waals surface area contributed by atoms with Gasteiger partial charge in [0.2, 0.25) is 0 Å². The van der Waals surface area contributed by atoms with E-state index in [1.165, 1.54) is 12.8 Å². The van der Waals surface area contributed by atoms with Crippen LogP contribution in [0.5, 0.6) is 0 Å². The van der Waals surface area contributed by atoms with Gasteiger partial charge in [-0.25, -0.2) is 0 Å². The molecular weight excluding hydrogens is 188 g/mol. The summed E-state index contributed by atoms with van der Waals surface area (Å²) in [5.41, 5.74) is 7.73.